The van der Waals surface area contributed by atoms with Gasteiger partial charge >= 0.3 is 0 Å². The fraction of sp³-hybridized carbons (Fsp3) is 0.333. The molecule has 2 aromatic rings. The van der Waals surface area contributed by atoms with Crippen LogP contribution in [0, 0.1) is 12.8 Å². The van der Waals surface area contributed by atoms with Crippen molar-refractivity contribution in [2.45, 2.75) is 13.8 Å². The second-order valence-electron chi connectivity index (χ2n) is 6.35. The summed E-state index contributed by atoms with van der Waals surface area (Å²) in [5.41, 5.74) is 0.968. The quantitative estimate of drug-likeness (QED) is 0.834. The number of hydrogen-bond donors (Lipinski definition) is 0. The Kier molecular flexibility index (Phi) is 3.73. The fourth-order valence-corrected chi connectivity index (χ4v) is 3.00. The summed E-state index contributed by atoms with van der Waals surface area (Å²) < 4.78 is 12.1. The molecule has 0 radical (unpaired) electrons. The van der Waals surface area contributed by atoms with Crippen molar-refractivity contribution >= 4 is 5.91 Å². The van der Waals surface area contributed by atoms with Crippen molar-refractivity contribution in [3.8, 4) is 17.2 Å². The van der Waals surface area contributed by atoms with Gasteiger partial charge in [-0.1, -0.05) is 6.92 Å². The van der Waals surface area contributed by atoms with Crippen molar-refractivity contribution in [1.82, 2.24) is 9.63 Å². The van der Waals surface area contributed by atoms with Crippen molar-refractivity contribution in [3.63, 3.8) is 0 Å². The second-order valence-corrected chi connectivity index (χ2v) is 6.35. The summed E-state index contributed by atoms with van der Waals surface area (Å²) in [4.78, 5) is 31.1. The van der Waals surface area contributed by atoms with Crippen molar-refractivity contribution in [2.75, 3.05) is 19.9 Å². The predicted octanol–water partition coefficient (Wildman–Crippen LogP) is 1.90. The molecule has 1 amide bonds. The molecule has 1 fully saturated rings. The summed E-state index contributed by atoms with van der Waals surface area (Å²) >= 11 is 0. The monoisotopic (exact) mass is 342 g/mol. The van der Waals surface area contributed by atoms with Gasteiger partial charge < -0.3 is 9.47 Å². The van der Waals surface area contributed by atoms with Gasteiger partial charge in [0.1, 0.15) is 5.56 Å². The van der Waals surface area contributed by atoms with E-state index in [9.17, 15) is 9.59 Å². The minimum Gasteiger partial charge on any atom is -0.454 e. The molecule has 1 atom stereocenters. The molecule has 3 heterocycles. The minimum absolute atomic E-state index is 0.120. The lowest BCUT2D eigenvalue weighted by Gasteiger charge is -2.16. The number of aryl methyl sites for hydroxylation is 1. The number of pyridine rings is 1. The van der Waals surface area contributed by atoms with Crippen LogP contribution in [0.15, 0.2) is 35.3 Å². The highest BCUT2D eigenvalue weighted by molar-refractivity contribution is 5.94. The largest absolute Gasteiger partial charge is 0.454 e. The molecule has 0 spiro atoms. The third kappa shape index (κ3) is 2.66. The Morgan fingerprint density at radius 2 is 2.00 bits per heavy atom. The van der Waals surface area contributed by atoms with Crippen molar-refractivity contribution in [2.24, 2.45) is 5.92 Å². The van der Waals surface area contributed by atoms with Crippen LogP contribution in [0.1, 0.15) is 22.8 Å². The lowest BCUT2D eigenvalue weighted by molar-refractivity contribution is -0.0774. The van der Waals surface area contributed by atoms with E-state index in [0.29, 0.717) is 35.9 Å². The number of hydroxylamine groups is 2. The summed E-state index contributed by atoms with van der Waals surface area (Å²) in [6, 6.07) is 6.98. The Morgan fingerprint density at radius 3 is 2.76 bits per heavy atom. The molecular formula is C18H18N2O5. The lowest BCUT2D eigenvalue weighted by Crippen LogP contribution is -2.35. The first-order valence-corrected chi connectivity index (χ1v) is 8.11. The van der Waals surface area contributed by atoms with E-state index in [0.717, 1.165) is 0 Å². The van der Waals surface area contributed by atoms with Gasteiger partial charge in [0.25, 0.3) is 11.5 Å². The third-order valence-electron chi connectivity index (χ3n) is 4.37. The maximum absolute atomic E-state index is 13.0. The highest BCUT2D eigenvalue weighted by atomic mass is 16.7. The maximum atomic E-state index is 13.0. The first kappa shape index (κ1) is 15.7. The predicted molar refractivity (Wildman–Crippen MR) is 89.1 cm³/mol. The lowest BCUT2D eigenvalue weighted by atomic mass is 10.1. The Hall–Kier alpha value is -2.80. The number of rotatable bonds is 2. The Labute approximate surface area is 144 Å². The number of hydrogen-bond acceptors (Lipinski definition) is 5. The van der Waals surface area contributed by atoms with Crippen molar-refractivity contribution in [1.29, 1.82) is 0 Å². The van der Waals surface area contributed by atoms with Crippen molar-refractivity contribution in [3.05, 3.63) is 51.9 Å². The first-order valence-electron chi connectivity index (χ1n) is 8.11. The van der Waals surface area contributed by atoms with Gasteiger partial charge in [-0.25, -0.2) is 5.06 Å². The molecule has 1 aromatic heterocycles. The zero-order valence-corrected chi connectivity index (χ0v) is 14.0. The first-order chi connectivity index (χ1) is 12.0. The topological polar surface area (TPSA) is 70.0 Å². The second kappa shape index (κ2) is 5.93. The molecule has 2 aliphatic heterocycles. The highest BCUT2D eigenvalue weighted by Gasteiger charge is 2.29. The van der Waals surface area contributed by atoms with E-state index in [4.69, 9.17) is 14.3 Å². The molecule has 1 unspecified atom stereocenters. The molecule has 4 rings (SSSR count). The molecule has 2 aliphatic rings. The number of nitrogens with zero attached hydrogens (tertiary/aromatic N) is 2. The van der Waals surface area contributed by atoms with Gasteiger partial charge in [-0.15, -0.1) is 0 Å². The van der Waals surface area contributed by atoms with E-state index in [1.165, 1.54) is 9.63 Å². The molecule has 130 valence electrons. The van der Waals surface area contributed by atoms with E-state index in [1.807, 2.05) is 6.92 Å². The van der Waals surface area contributed by atoms with Crippen LogP contribution in [-0.4, -0.2) is 35.5 Å². The summed E-state index contributed by atoms with van der Waals surface area (Å²) in [6.07, 6.45) is 1.65. The van der Waals surface area contributed by atoms with Crippen LogP contribution in [0.4, 0.5) is 0 Å². The maximum Gasteiger partial charge on any atom is 0.283 e. The number of fused-ring (bicyclic) bond motifs is 1. The summed E-state index contributed by atoms with van der Waals surface area (Å²) in [5, 5.41) is 1.28. The molecule has 0 saturated carbocycles. The molecule has 7 heteroatoms. The molecule has 7 nitrogen and oxygen atoms in total. The van der Waals surface area contributed by atoms with Crippen LogP contribution in [0.25, 0.3) is 5.69 Å². The van der Waals surface area contributed by atoms with E-state index in [2.05, 4.69) is 0 Å². The molecule has 25 heavy (non-hydrogen) atoms. The standard InChI is InChI=1S/C18H18N2O5/c1-11-8-20(25-9-11)18(22)16-12(2)5-6-19(17(16)21)13-3-4-14-15(7-13)24-10-23-14/h3-7,11H,8-10H2,1-2H3. The smallest absolute Gasteiger partial charge is 0.283 e. The van der Waals surface area contributed by atoms with Crippen LogP contribution in [-0.2, 0) is 4.84 Å². The number of amides is 1. The Bertz CT molecular complexity index is 905. The molecule has 0 aliphatic carbocycles. The Balaban J connectivity index is 1.76. The average Bonchev–Trinajstić information content (AvgIpc) is 3.22. The normalized spacial score (nSPS) is 18.6. The van der Waals surface area contributed by atoms with Gasteiger partial charge in [0.2, 0.25) is 6.79 Å². The van der Waals surface area contributed by atoms with Crippen molar-refractivity contribution < 1.29 is 19.1 Å². The number of benzene rings is 1. The van der Waals surface area contributed by atoms with E-state index in [1.54, 1.807) is 37.4 Å². The van der Waals surface area contributed by atoms with Crippen LogP contribution in [0.5, 0.6) is 11.5 Å². The SMILES string of the molecule is Cc1ccn(-c2ccc3c(c2)OCO3)c(=O)c1C(=O)N1CC(C)CO1. The van der Waals surface area contributed by atoms with Gasteiger partial charge in [0, 0.05) is 18.2 Å². The molecule has 0 bridgehead atoms. The zero-order chi connectivity index (χ0) is 17.6. The summed E-state index contributed by atoms with van der Waals surface area (Å²) in [7, 11) is 0. The van der Waals surface area contributed by atoms with E-state index >= 15 is 0 Å². The number of aromatic nitrogens is 1. The van der Waals surface area contributed by atoms with Gasteiger partial charge in [0.15, 0.2) is 11.5 Å². The van der Waals surface area contributed by atoms with Gasteiger partial charge in [0.05, 0.1) is 18.8 Å². The average molecular weight is 342 g/mol. The fourth-order valence-electron chi connectivity index (χ4n) is 3.00. The molecule has 1 aromatic carbocycles. The van der Waals surface area contributed by atoms with Gasteiger partial charge in [-0.3, -0.25) is 19.0 Å². The minimum atomic E-state index is -0.401. The van der Waals surface area contributed by atoms with Crippen LogP contribution in [0.2, 0.25) is 0 Å². The summed E-state index contributed by atoms with van der Waals surface area (Å²) in [6.45, 7) is 4.87. The molecule has 1 saturated heterocycles. The van der Waals surface area contributed by atoms with Gasteiger partial charge in [-0.2, -0.15) is 0 Å². The summed E-state index contributed by atoms with van der Waals surface area (Å²) in [5.74, 6) is 1.07. The van der Waals surface area contributed by atoms with Crippen LogP contribution < -0.4 is 15.0 Å². The molecule has 0 N–H and O–H groups in total. The number of carbonyl (C=O) groups excluding carboxylic acids is 1. The number of ether oxygens (including phenoxy) is 2. The highest BCUT2D eigenvalue weighted by Crippen LogP contribution is 2.33. The van der Waals surface area contributed by atoms with Crippen LogP contribution in [0.3, 0.4) is 0 Å². The number of carbonyl (C=O) groups is 1. The van der Waals surface area contributed by atoms with E-state index in [-0.39, 0.29) is 23.8 Å². The zero-order valence-electron chi connectivity index (χ0n) is 14.0. The van der Waals surface area contributed by atoms with Gasteiger partial charge in [-0.05, 0) is 30.7 Å². The molecular weight excluding hydrogens is 324 g/mol. The Morgan fingerprint density at radius 1 is 1.20 bits per heavy atom. The van der Waals surface area contributed by atoms with Crippen LogP contribution >= 0.6 is 0 Å². The third-order valence-corrected chi connectivity index (χ3v) is 4.37. The van der Waals surface area contributed by atoms with E-state index < -0.39 is 5.91 Å².